The van der Waals surface area contributed by atoms with Crippen LogP contribution in [-0.4, -0.2) is 13.1 Å². The smallest absolute Gasteiger partial charge is 0.204 e. The molecule has 0 amide bonds. The minimum absolute atomic E-state index is 0.0423. The maximum absolute atomic E-state index is 12.4. The summed E-state index contributed by atoms with van der Waals surface area (Å²) in [6.07, 6.45) is 3.55. The first kappa shape index (κ1) is 14.3. The van der Waals surface area contributed by atoms with E-state index in [4.69, 9.17) is 16.0 Å². The highest BCUT2D eigenvalue weighted by Crippen LogP contribution is 2.39. The summed E-state index contributed by atoms with van der Waals surface area (Å²) < 4.78 is 7.54. The second-order valence-corrected chi connectivity index (χ2v) is 8.00. The average molecular weight is 352 g/mol. The van der Waals surface area contributed by atoms with Crippen LogP contribution in [0.25, 0.3) is 20.7 Å². The number of thiophene rings is 2. The molecule has 4 rings (SSSR count). The number of rotatable bonds is 2. The van der Waals surface area contributed by atoms with Crippen molar-refractivity contribution < 1.29 is 4.42 Å². The molecule has 1 fully saturated rings. The van der Waals surface area contributed by atoms with Crippen molar-refractivity contribution in [2.75, 3.05) is 18.0 Å². The summed E-state index contributed by atoms with van der Waals surface area (Å²) in [5, 5.41) is 1.98. The van der Waals surface area contributed by atoms with Gasteiger partial charge in [0, 0.05) is 35.0 Å². The molecule has 3 aromatic rings. The van der Waals surface area contributed by atoms with Crippen LogP contribution in [0.2, 0.25) is 4.34 Å². The van der Waals surface area contributed by atoms with Crippen LogP contribution in [0.1, 0.15) is 19.3 Å². The van der Waals surface area contributed by atoms with E-state index in [1.807, 2.05) is 17.5 Å². The molecule has 1 aliphatic rings. The maximum Gasteiger partial charge on any atom is 0.204 e. The molecule has 0 saturated carbocycles. The molecular weight excluding hydrogens is 338 g/mol. The van der Waals surface area contributed by atoms with Crippen LogP contribution in [0.3, 0.4) is 0 Å². The fraction of sp³-hybridized carbons (Fsp3) is 0.312. The van der Waals surface area contributed by atoms with E-state index in [-0.39, 0.29) is 5.43 Å². The van der Waals surface area contributed by atoms with Crippen LogP contribution in [0.4, 0.5) is 5.88 Å². The zero-order valence-electron chi connectivity index (χ0n) is 11.8. The van der Waals surface area contributed by atoms with Gasteiger partial charge in [-0.25, -0.2) is 0 Å². The third-order valence-electron chi connectivity index (χ3n) is 3.94. The van der Waals surface area contributed by atoms with E-state index in [1.54, 1.807) is 6.07 Å². The van der Waals surface area contributed by atoms with Crippen molar-refractivity contribution in [1.82, 2.24) is 0 Å². The Hall–Kier alpha value is -1.30. The molecule has 0 N–H and O–H groups in total. The maximum atomic E-state index is 12.4. The second kappa shape index (κ2) is 5.72. The molecule has 0 atom stereocenters. The molecule has 114 valence electrons. The molecule has 1 saturated heterocycles. The van der Waals surface area contributed by atoms with Gasteiger partial charge in [-0.2, -0.15) is 0 Å². The SMILES string of the molecule is O=c1cc(N2CCCCC2)oc2c(-c3ccc(Cl)s3)csc12. The first-order chi connectivity index (χ1) is 10.7. The normalized spacial score (nSPS) is 15.6. The quantitative estimate of drug-likeness (QED) is 0.634. The zero-order chi connectivity index (χ0) is 15.1. The summed E-state index contributed by atoms with van der Waals surface area (Å²) in [4.78, 5) is 15.6. The minimum Gasteiger partial charge on any atom is -0.439 e. The summed E-state index contributed by atoms with van der Waals surface area (Å²) >= 11 is 8.98. The van der Waals surface area contributed by atoms with Gasteiger partial charge in [-0.05, 0) is 31.4 Å². The Balaban J connectivity index is 1.86. The molecule has 0 radical (unpaired) electrons. The van der Waals surface area contributed by atoms with Crippen LogP contribution in [-0.2, 0) is 0 Å². The highest BCUT2D eigenvalue weighted by atomic mass is 35.5. The standard InChI is InChI=1S/C16H14ClNO2S2/c17-13-5-4-12(22-13)10-9-21-16-11(19)8-14(20-15(10)16)18-6-2-1-3-7-18/h4-5,8-9H,1-3,6-7H2. The Bertz CT molecular complexity index is 874. The molecule has 0 unspecified atom stereocenters. The number of fused-ring (bicyclic) bond motifs is 1. The second-order valence-electron chi connectivity index (χ2n) is 5.41. The lowest BCUT2D eigenvalue weighted by atomic mass is 10.1. The van der Waals surface area contributed by atoms with E-state index >= 15 is 0 Å². The fourth-order valence-electron chi connectivity index (χ4n) is 2.83. The predicted molar refractivity (Wildman–Crippen MR) is 94.7 cm³/mol. The van der Waals surface area contributed by atoms with Crippen molar-refractivity contribution in [3.05, 3.63) is 38.1 Å². The molecule has 0 bridgehead atoms. The first-order valence-electron chi connectivity index (χ1n) is 7.28. The average Bonchev–Trinajstić information content (AvgIpc) is 3.14. The van der Waals surface area contributed by atoms with Crippen LogP contribution in [0, 0.1) is 0 Å². The van der Waals surface area contributed by atoms with Crippen LogP contribution in [0.15, 0.2) is 32.8 Å². The Morgan fingerprint density at radius 2 is 2.00 bits per heavy atom. The van der Waals surface area contributed by atoms with Gasteiger partial charge in [-0.15, -0.1) is 22.7 Å². The van der Waals surface area contributed by atoms with Gasteiger partial charge in [0.15, 0.2) is 11.5 Å². The molecule has 0 aliphatic carbocycles. The van der Waals surface area contributed by atoms with Gasteiger partial charge in [0.25, 0.3) is 0 Å². The van der Waals surface area contributed by atoms with Crippen molar-refractivity contribution in [3.63, 3.8) is 0 Å². The lowest BCUT2D eigenvalue weighted by Gasteiger charge is -2.26. The van der Waals surface area contributed by atoms with E-state index in [9.17, 15) is 4.79 Å². The number of piperidine rings is 1. The third-order valence-corrected chi connectivity index (χ3v) is 6.18. The third kappa shape index (κ3) is 2.47. The van der Waals surface area contributed by atoms with Crippen molar-refractivity contribution in [2.45, 2.75) is 19.3 Å². The van der Waals surface area contributed by atoms with Crippen molar-refractivity contribution in [3.8, 4) is 10.4 Å². The largest absolute Gasteiger partial charge is 0.439 e. The van der Waals surface area contributed by atoms with E-state index in [1.165, 1.54) is 29.1 Å². The Morgan fingerprint density at radius 1 is 1.18 bits per heavy atom. The number of hydrogen-bond donors (Lipinski definition) is 0. The molecule has 22 heavy (non-hydrogen) atoms. The lowest BCUT2D eigenvalue weighted by Crippen LogP contribution is -2.29. The molecule has 0 aromatic carbocycles. The van der Waals surface area contributed by atoms with E-state index in [0.717, 1.165) is 40.7 Å². The molecule has 3 nitrogen and oxygen atoms in total. The molecular formula is C16H14ClNO2S2. The number of anilines is 1. The summed E-state index contributed by atoms with van der Waals surface area (Å²) in [5.41, 5.74) is 1.70. The van der Waals surface area contributed by atoms with Crippen molar-refractivity contribution in [1.29, 1.82) is 0 Å². The van der Waals surface area contributed by atoms with Crippen LogP contribution >= 0.6 is 34.3 Å². The van der Waals surface area contributed by atoms with Crippen molar-refractivity contribution >= 4 is 50.4 Å². The van der Waals surface area contributed by atoms with E-state index in [2.05, 4.69) is 4.90 Å². The zero-order valence-corrected chi connectivity index (χ0v) is 14.2. The first-order valence-corrected chi connectivity index (χ1v) is 9.36. The monoisotopic (exact) mass is 351 g/mol. The summed E-state index contributed by atoms with van der Waals surface area (Å²) in [7, 11) is 0. The number of nitrogens with zero attached hydrogens (tertiary/aromatic N) is 1. The summed E-state index contributed by atoms with van der Waals surface area (Å²) in [6, 6.07) is 5.48. The molecule has 3 aromatic heterocycles. The number of halogens is 1. The topological polar surface area (TPSA) is 33.5 Å². The van der Waals surface area contributed by atoms with Gasteiger partial charge in [0.2, 0.25) is 5.43 Å². The lowest BCUT2D eigenvalue weighted by molar-refractivity contribution is 0.513. The van der Waals surface area contributed by atoms with Gasteiger partial charge in [0.1, 0.15) is 4.70 Å². The van der Waals surface area contributed by atoms with Gasteiger partial charge in [0.05, 0.1) is 4.34 Å². The molecule has 4 heterocycles. The van der Waals surface area contributed by atoms with Gasteiger partial charge in [-0.3, -0.25) is 4.79 Å². The summed E-state index contributed by atoms with van der Waals surface area (Å²) in [6.45, 7) is 1.91. The summed E-state index contributed by atoms with van der Waals surface area (Å²) in [5.74, 6) is 0.694. The Labute approximate surface area is 140 Å². The number of hydrogen-bond acceptors (Lipinski definition) is 5. The Morgan fingerprint density at radius 3 is 2.73 bits per heavy atom. The van der Waals surface area contributed by atoms with Crippen LogP contribution in [0.5, 0.6) is 0 Å². The van der Waals surface area contributed by atoms with Gasteiger partial charge < -0.3 is 9.32 Å². The molecule has 0 spiro atoms. The van der Waals surface area contributed by atoms with E-state index in [0.29, 0.717) is 16.2 Å². The van der Waals surface area contributed by atoms with Crippen molar-refractivity contribution in [2.24, 2.45) is 0 Å². The Kier molecular flexibility index (Phi) is 3.72. The van der Waals surface area contributed by atoms with Crippen LogP contribution < -0.4 is 10.3 Å². The van der Waals surface area contributed by atoms with Gasteiger partial charge >= 0.3 is 0 Å². The minimum atomic E-state index is 0.0423. The highest BCUT2D eigenvalue weighted by molar-refractivity contribution is 7.21. The van der Waals surface area contributed by atoms with E-state index < -0.39 is 0 Å². The predicted octanol–water partition coefficient (Wildman–Crippen LogP) is 5.23. The fourth-order valence-corrected chi connectivity index (χ4v) is 4.86. The van der Waals surface area contributed by atoms with Gasteiger partial charge in [-0.1, -0.05) is 11.6 Å². The molecule has 6 heteroatoms. The molecule has 1 aliphatic heterocycles. The highest BCUT2D eigenvalue weighted by Gasteiger charge is 2.18.